The van der Waals surface area contributed by atoms with E-state index in [4.69, 9.17) is 40.4 Å². The Hall–Kier alpha value is -18.4. The third-order valence-corrected chi connectivity index (χ3v) is 21.5. The summed E-state index contributed by atoms with van der Waals surface area (Å²) < 4.78 is 42.5. The number of rotatable bonds is 25. The number of aromatic hydroxyl groups is 8. The number of carboxylic acids is 1. The first-order chi connectivity index (χ1) is 67.8. The van der Waals surface area contributed by atoms with E-state index >= 15 is 0 Å². The van der Waals surface area contributed by atoms with E-state index in [9.17, 15) is 103 Å². The van der Waals surface area contributed by atoms with E-state index in [-0.39, 0.29) is 155 Å². The van der Waals surface area contributed by atoms with Crippen molar-refractivity contribution >= 4 is 181 Å². The summed E-state index contributed by atoms with van der Waals surface area (Å²) in [6.07, 6.45) is 21.7. The minimum atomic E-state index is -1.10. The number of hydrogen-bond acceptors (Lipinski definition) is 29. The monoisotopic (exact) mass is 1940 g/mol. The number of benzene rings is 8. The first-order valence-corrected chi connectivity index (χ1v) is 44.1. The van der Waals surface area contributed by atoms with Gasteiger partial charge in [-0.3, -0.25) is 57.5 Å². The van der Waals surface area contributed by atoms with Crippen LogP contribution in [0.1, 0.15) is 272 Å². The Morgan fingerprint density at radius 1 is 0.322 bits per heavy atom. The lowest BCUT2D eigenvalue weighted by molar-refractivity contribution is 0.0693. The maximum absolute atomic E-state index is 12.1. The quantitative estimate of drug-likeness (QED) is 0.0189. The van der Waals surface area contributed by atoms with Gasteiger partial charge in [0.25, 0.3) is 0 Å². The number of hydrogen-bond donors (Lipinski definition) is 9. The molecule has 734 valence electrons. The average molecular weight is 1940 g/mol. The molecule has 9 N–H and O–H groups in total. The molecule has 0 aliphatic carbocycles. The van der Waals surface area contributed by atoms with Gasteiger partial charge in [0.05, 0.1) is 54.2 Å². The number of carbonyl (C=O) groups is 13. The third kappa shape index (κ3) is 24.8. The summed E-state index contributed by atoms with van der Waals surface area (Å²) in [6.45, 7) is 39.0. The fraction of sp³-hybridized carbons (Fsp3) is 0.159. The van der Waals surface area contributed by atoms with E-state index in [1.54, 1.807) is 87.5 Å². The Kier molecular flexibility index (Phi) is 36.1. The molecule has 0 aliphatic heterocycles. The predicted molar refractivity (Wildman–Crippen MR) is 543 cm³/mol. The number of carboxylic acid groups (broad SMARTS) is 1. The van der Waals surface area contributed by atoms with Crippen LogP contribution in [0.25, 0.3) is 106 Å². The lowest BCUT2D eigenvalue weighted by Crippen LogP contribution is -1.98. The fourth-order valence-corrected chi connectivity index (χ4v) is 14.2. The van der Waals surface area contributed by atoms with Crippen LogP contribution in [-0.2, 0) is 0 Å². The predicted octanol–water partition coefficient (Wildman–Crippen LogP) is 26.6. The van der Waals surface area contributed by atoms with Crippen LogP contribution >= 0.6 is 0 Å². The van der Waals surface area contributed by atoms with Crippen LogP contribution in [-0.4, -0.2) is 121 Å². The minimum Gasteiger partial charge on any atom is -0.504 e. The fourth-order valence-electron chi connectivity index (χ4n) is 14.2. The van der Waals surface area contributed by atoms with Crippen LogP contribution in [0, 0.1) is 20.8 Å². The Bertz CT molecular complexity index is 7880. The van der Waals surface area contributed by atoms with Crippen molar-refractivity contribution in [1.82, 2.24) is 0 Å². The summed E-state index contributed by atoms with van der Waals surface area (Å²) >= 11 is 0. The molecule has 0 saturated carbocycles. The normalized spacial score (nSPS) is 10.9. The molecule has 0 radical (unpaired) electrons. The second-order valence-electron chi connectivity index (χ2n) is 32.2. The molecule has 0 aliphatic rings. The molecule has 0 atom stereocenters. The second kappa shape index (κ2) is 47.6. The molecule has 16 rings (SSSR count). The highest BCUT2D eigenvalue weighted by atomic mass is 16.4. The van der Waals surface area contributed by atoms with Crippen molar-refractivity contribution in [1.29, 1.82) is 0 Å². The number of Topliss-reactive ketones (excluding diaryl/α,β-unsaturated/α-hetero) is 6. The molecule has 30 heteroatoms. The molecule has 143 heavy (non-hydrogen) atoms. The van der Waals surface area contributed by atoms with Gasteiger partial charge in [-0.1, -0.05) is 93.8 Å². The second-order valence-corrected chi connectivity index (χ2v) is 32.2. The standard InChI is InChI=1S/C16H16O3.C15H16O4.C14H12O5.C14H12O4.2C14H10O4.C14H14O3.C12H12O3/c1-4-6-11-8-15-13(9-12(11)10(3)17)16(18)14(19-15)7-5-2;1-3-4-8-12(17)10-6-5-7-11-13(18)14(9(2)16)19-15(10)11;1-3-4-10(15)13-12(16)9-6-8(14(17)18)7(2)5-11(9)19-13;1-3-4-11(16)9-5-6-12-10(7-9)13(17)14(18-12)8(2)15;2*1-3-10(15)8-5-6-12-9(7-8)13(17)14(18-12)11(16)4-2;1-8(2)6-10-4-5-12-11(7-10)13(16)14(17-12)9(3)15;1-6-4-9-10(5-7(6)2)15-12(8(3)13)11(9)14/h4-9,18H,1-3H3;5-7,18H,3-4,8H2,1-2H3;3-6,16H,1-2H3,(H,17,18);3-7,17H,1-2H3;2*3-7,17H,1-2H2;4-7,16H,1-3H3;4-5,14H,1-3H3/b6-4+,7-5+;;2*4-3+;;;;. The zero-order valence-electron chi connectivity index (χ0n) is 80.7. The lowest BCUT2D eigenvalue weighted by atomic mass is 10.0. The van der Waals surface area contributed by atoms with Crippen molar-refractivity contribution in [2.75, 3.05) is 0 Å². The molecule has 0 spiro atoms. The third-order valence-electron chi connectivity index (χ3n) is 21.5. The highest BCUT2D eigenvalue weighted by Gasteiger charge is 2.28. The molecule has 8 aromatic carbocycles. The van der Waals surface area contributed by atoms with Gasteiger partial charge < -0.3 is 81.3 Å². The first-order valence-electron chi connectivity index (χ1n) is 44.1. The molecule has 8 heterocycles. The Morgan fingerprint density at radius 2 is 0.685 bits per heavy atom. The zero-order chi connectivity index (χ0) is 106. The van der Waals surface area contributed by atoms with Gasteiger partial charge in [-0.25, -0.2) is 4.79 Å². The highest BCUT2D eigenvalue weighted by molar-refractivity contribution is 6.16. The maximum atomic E-state index is 12.1. The number of furan rings is 8. The molecule has 0 saturated heterocycles. The largest absolute Gasteiger partial charge is 0.504 e. The van der Waals surface area contributed by atoms with Crippen LogP contribution in [0.4, 0.5) is 0 Å². The van der Waals surface area contributed by atoms with E-state index < -0.39 is 23.3 Å². The number of carbonyl (C=O) groups excluding carboxylic acids is 12. The Balaban J connectivity index is 0.000000182. The van der Waals surface area contributed by atoms with Crippen molar-refractivity contribution in [3.63, 3.8) is 0 Å². The average Bonchev–Trinajstić information content (AvgIpc) is 1.69. The molecule has 30 nitrogen and oxygen atoms in total. The van der Waals surface area contributed by atoms with Crippen molar-refractivity contribution in [3.05, 3.63) is 327 Å². The zero-order valence-corrected chi connectivity index (χ0v) is 80.7. The van der Waals surface area contributed by atoms with Gasteiger partial charge in [-0.05, 0) is 261 Å². The van der Waals surface area contributed by atoms with Crippen molar-refractivity contribution in [2.45, 2.75) is 123 Å². The van der Waals surface area contributed by atoms with Crippen LogP contribution < -0.4 is 0 Å². The van der Waals surface area contributed by atoms with Gasteiger partial charge in [0.1, 0.15) is 44.7 Å². The smallest absolute Gasteiger partial charge is 0.335 e. The number of unbranched alkanes of at least 4 members (excludes halogenated alkanes) is 1. The van der Waals surface area contributed by atoms with Gasteiger partial charge >= 0.3 is 5.97 Å². The van der Waals surface area contributed by atoms with Gasteiger partial charge in [0, 0.05) is 56.4 Å². The summed E-state index contributed by atoms with van der Waals surface area (Å²) in [5, 5.41) is 91.6. The SMILES string of the molecule is C/C=C/C(=O)c1ccc2oc(C(C)=O)c(O)c2c1.C/C=C/C(=O)c1oc2cc(C)c(C(=O)O)cc2c1O.C/C=C/c1cc2oc(/C=C/C)c(O)c2cc1C(C)=O.C=CC(=O)c1ccc2oc(C(=O)C=C)c(O)c2c1.C=CC(=O)c1ccc2oc(C(=O)C=C)c(O)c2c1.CC(=O)c1oc2cc(C)c(C)cc2c1O.CC(=O)c1oc2ccc(C=C(C)C)cc2c1O.CCCCC(=O)c1cccc2c(O)c(C(C)=O)oc12. The molecular formula is C113H102O30. The molecule has 0 bridgehead atoms. The van der Waals surface area contributed by atoms with E-state index in [0.29, 0.717) is 122 Å². The van der Waals surface area contributed by atoms with Crippen LogP contribution in [0.3, 0.4) is 0 Å². The van der Waals surface area contributed by atoms with Crippen LogP contribution in [0.2, 0.25) is 0 Å². The van der Waals surface area contributed by atoms with E-state index in [1.165, 1.54) is 125 Å². The maximum Gasteiger partial charge on any atom is 0.335 e. The Labute approximate surface area is 817 Å². The van der Waals surface area contributed by atoms with Gasteiger partial charge in [0.15, 0.2) is 104 Å². The summed E-state index contributed by atoms with van der Waals surface area (Å²) in [7, 11) is 0. The van der Waals surface area contributed by atoms with Crippen LogP contribution in [0.15, 0.2) is 255 Å². The molecule has 16 aromatic rings. The number of aromatic carboxylic acids is 1. The van der Waals surface area contributed by atoms with Gasteiger partial charge in [-0.15, -0.1) is 0 Å². The lowest BCUT2D eigenvalue weighted by Gasteiger charge is -2.02. The van der Waals surface area contributed by atoms with E-state index in [2.05, 4.69) is 26.3 Å². The first kappa shape index (κ1) is 108. The van der Waals surface area contributed by atoms with Gasteiger partial charge in [0.2, 0.25) is 57.7 Å². The molecule has 0 unspecified atom stereocenters. The molecule has 0 fully saturated rings. The van der Waals surface area contributed by atoms with Crippen molar-refractivity contribution in [3.8, 4) is 46.0 Å². The summed E-state index contributed by atoms with van der Waals surface area (Å²) in [4.78, 5) is 149. The Morgan fingerprint density at radius 3 is 1.12 bits per heavy atom. The van der Waals surface area contributed by atoms with Crippen molar-refractivity contribution < 1.29 is 144 Å². The summed E-state index contributed by atoms with van der Waals surface area (Å²) in [5.74, 6) is -6.23. The van der Waals surface area contributed by atoms with E-state index in [1.807, 2.05) is 91.0 Å². The number of para-hydroxylation sites is 1. The highest BCUT2D eigenvalue weighted by Crippen LogP contribution is 2.42. The topological polar surface area (TPSA) is 509 Å². The molecular weight excluding hydrogens is 1840 g/mol. The van der Waals surface area contributed by atoms with E-state index in [0.717, 1.165) is 47.2 Å². The molecule has 0 amide bonds. The summed E-state index contributed by atoms with van der Waals surface area (Å²) in [5.41, 5.74) is 11.1. The molecule has 8 aromatic heterocycles. The number of fused-ring (bicyclic) bond motifs is 8. The minimum absolute atomic E-state index is 0.0225. The number of aryl methyl sites for hydroxylation is 3. The van der Waals surface area contributed by atoms with Gasteiger partial charge in [-0.2, -0.15) is 0 Å². The number of ketones is 12. The van der Waals surface area contributed by atoms with Crippen LogP contribution in [0.5, 0.6) is 46.0 Å². The number of allylic oxidation sites excluding steroid dienone is 11. The van der Waals surface area contributed by atoms with Crippen molar-refractivity contribution in [2.24, 2.45) is 0 Å². The summed E-state index contributed by atoms with van der Waals surface area (Å²) in [6, 6.07) is 34.1.